The summed E-state index contributed by atoms with van der Waals surface area (Å²) in [5, 5.41) is 7.01. The van der Waals surface area contributed by atoms with E-state index in [0.29, 0.717) is 22.5 Å². The van der Waals surface area contributed by atoms with Crippen LogP contribution in [0.25, 0.3) is 22.6 Å². The summed E-state index contributed by atoms with van der Waals surface area (Å²) in [6, 6.07) is 5.50. The van der Waals surface area contributed by atoms with Crippen molar-refractivity contribution in [2.45, 2.75) is 17.9 Å². The summed E-state index contributed by atoms with van der Waals surface area (Å²) in [5.41, 5.74) is 1.76. The van der Waals surface area contributed by atoms with Crippen molar-refractivity contribution in [3.63, 3.8) is 0 Å². The van der Waals surface area contributed by atoms with Gasteiger partial charge in [-0.25, -0.2) is 19.9 Å². The van der Waals surface area contributed by atoms with Gasteiger partial charge in [0, 0.05) is 36.4 Å². The molecule has 4 rings (SSSR count). The third-order valence-electron chi connectivity index (χ3n) is 3.91. The summed E-state index contributed by atoms with van der Waals surface area (Å²) in [7, 11) is 0. The van der Waals surface area contributed by atoms with Crippen molar-refractivity contribution >= 4 is 17.6 Å². The Labute approximate surface area is 177 Å². The van der Waals surface area contributed by atoms with Crippen LogP contribution in [0.3, 0.4) is 0 Å². The molecule has 0 aromatic carbocycles. The molecule has 0 radical (unpaired) electrons. The van der Waals surface area contributed by atoms with E-state index >= 15 is 0 Å². The van der Waals surface area contributed by atoms with E-state index in [1.165, 1.54) is 24.2 Å². The minimum absolute atomic E-state index is 0.202. The van der Waals surface area contributed by atoms with Crippen LogP contribution in [0, 0.1) is 0 Å². The van der Waals surface area contributed by atoms with E-state index in [4.69, 9.17) is 0 Å². The first-order chi connectivity index (χ1) is 14.9. The molecule has 13 heteroatoms. The molecule has 0 fully saturated rings. The van der Waals surface area contributed by atoms with Crippen LogP contribution in [0.15, 0.2) is 52.7 Å². The standard InChI is InChI=1S/C18H13F3N8OS/c1-31-17-26-12(10-3-2-4-22-6-10)5-13(27-17)25-9-14-23-7-11(8-24-14)15-28-16(30-29-15)18(19,20)21/h2-8H,9H2,1H3,(H,25,26,27). The van der Waals surface area contributed by atoms with Gasteiger partial charge in [0.05, 0.1) is 17.8 Å². The maximum Gasteiger partial charge on any atom is 0.471 e. The second-order valence-corrected chi connectivity index (χ2v) is 6.80. The highest BCUT2D eigenvalue weighted by Crippen LogP contribution is 2.29. The van der Waals surface area contributed by atoms with Gasteiger partial charge in [-0.3, -0.25) is 4.98 Å². The molecule has 0 aliphatic rings. The Morgan fingerprint density at radius 2 is 1.87 bits per heavy atom. The third-order valence-corrected chi connectivity index (χ3v) is 4.45. The van der Waals surface area contributed by atoms with E-state index < -0.39 is 12.1 Å². The number of nitrogens with zero attached hydrogens (tertiary/aromatic N) is 7. The number of pyridine rings is 1. The van der Waals surface area contributed by atoms with Crippen molar-refractivity contribution in [2.75, 3.05) is 11.6 Å². The fourth-order valence-electron chi connectivity index (χ4n) is 2.46. The van der Waals surface area contributed by atoms with Crippen LogP contribution in [0.4, 0.5) is 19.0 Å². The molecule has 0 bridgehead atoms. The zero-order chi connectivity index (χ0) is 21.8. The largest absolute Gasteiger partial charge is 0.471 e. The molecule has 0 amide bonds. The molecule has 4 heterocycles. The van der Waals surface area contributed by atoms with Crippen molar-refractivity contribution in [2.24, 2.45) is 0 Å². The van der Waals surface area contributed by atoms with Gasteiger partial charge in [-0.1, -0.05) is 16.9 Å². The first-order valence-electron chi connectivity index (χ1n) is 8.72. The van der Waals surface area contributed by atoms with Crippen LogP contribution in [-0.4, -0.2) is 41.3 Å². The summed E-state index contributed by atoms with van der Waals surface area (Å²) in [6.07, 6.45) is 3.19. The smallest absolute Gasteiger partial charge is 0.363 e. The number of rotatable bonds is 6. The molecule has 9 nitrogen and oxygen atoms in total. The number of halogens is 3. The Morgan fingerprint density at radius 3 is 2.52 bits per heavy atom. The second-order valence-electron chi connectivity index (χ2n) is 6.03. The number of hydrogen-bond acceptors (Lipinski definition) is 10. The molecule has 0 aliphatic heterocycles. The molecule has 0 aliphatic carbocycles. The molecule has 0 spiro atoms. The molecule has 1 N–H and O–H groups in total. The first-order valence-corrected chi connectivity index (χ1v) is 9.94. The summed E-state index contributed by atoms with van der Waals surface area (Å²) >= 11 is 1.40. The van der Waals surface area contributed by atoms with Crippen LogP contribution in [-0.2, 0) is 12.7 Å². The third kappa shape index (κ3) is 4.94. The molecule has 158 valence electrons. The second kappa shape index (κ2) is 8.63. The summed E-state index contributed by atoms with van der Waals surface area (Å²) in [5.74, 6) is -0.700. The Kier molecular flexibility index (Phi) is 5.75. The molecule has 0 saturated carbocycles. The molecule has 0 atom stereocenters. The number of alkyl halides is 3. The maximum atomic E-state index is 12.6. The predicted octanol–water partition coefficient (Wildman–Crippen LogP) is 3.73. The highest BCUT2D eigenvalue weighted by molar-refractivity contribution is 7.98. The van der Waals surface area contributed by atoms with Crippen LogP contribution in [0.2, 0.25) is 0 Å². The highest BCUT2D eigenvalue weighted by atomic mass is 32.2. The molecule has 31 heavy (non-hydrogen) atoms. The van der Waals surface area contributed by atoms with Gasteiger partial charge >= 0.3 is 12.1 Å². The molecular weight excluding hydrogens is 433 g/mol. The molecular formula is C18H13F3N8OS. The predicted molar refractivity (Wildman–Crippen MR) is 105 cm³/mol. The minimum Gasteiger partial charge on any atom is -0.363 e. The van der Waals surface area contributed by atoms with Crippen molar-refractivity contribution < 1.29 is 17.7 Å². The van der Waals surface area contributed by atoms with Crippen LogP contribution in [0.1, 0.15) is 11.7 Å². The Balaban J connectivity index is 1.48. The molecule has 4 aromatic heterocycles. The van der Waals surface area contributed by atoms with Gasteiger partial charge < -0.3 is 9.84 Å². The first kappa shape index (κ1) is 20.7. The minimum atomic E-state index is -4.71. The number of thioether (sulfide) groups is 1. The lowest BCUT2D eigenvalue weighted by molar-refractivity contribution is -0.159. The van der Waals surface area contributed by atoms with Gasteiger partial charge in [-0.2, -0.15) is 18.2 Å². The van der Waals surface area contributed by atoms with Gasteiger partial charge in [0.2, 0.25) is 5.82 Å². The van der Waals surface area contributed by atoms with Gasteiger partial charge in [0.15, 0.2) is 5.16 Å². The normalized spacial score (nSPS) is 11.5. The van der Waals surface area contributed by atoms with E-state index in [2.05, 4.69) is 44.9 Å². The SMILES string of the molecule is CSc1nc(NCc2ncc(-c3noc(C(F)(F)F)n3)cn2)cc(-c2cccnc2)n1. The zero-order valence-electron chi connectivity index (χ0n) is 15.8. The maximum absolute atomic E-state index is 12.6. The average molecular weight is 446 g/mol. The van der Waals surface area contributed by atoms with Crippen LogP contribution < -0.4 is 5.32 Å². The fourth-order valence-corrected chi connectivity index (χ4v) is 2.84. The summed E-state index contributed by atoms with van der Waals surface area (Å²) in [6.45, 7) is 0.234. The van der Waals surface area contributed by atoms with Crippen molar-refractivity contribution in [3.8, 4) is 22.6 Å². The molecule has 0 unspecified atom stereocenters. The number of nitrogens with one attached hydrogen (secondary N) is 1. The Morgan fingerprint density at radius 1 is 1.06 bits per heavy atom. The molecule has 4 aromatic rings. The van der Waals surface area contributed by atoms with Crippen LogP contribution in [0.5, 0.6) is 0 Å². The van der Waals surface area contributed by atoms with E-state index in [1.807, 2.05) is 18.4 Å². The average Bonchev–Trinajstić information content (AvgIpc) is 3.29. The van der Waals surface area contributed by atoms with Gasteiger partial charge in [-0.05, 0) is 18.4 Å². The summed E-state index contributed by atoms with van der Waals surface area (Å²) < 4.78 is 42.0. The Hall–Kier alpha value is -3.61. The van der Waals surface area contributed by atoms with E-state index in [1.54, 1.807) is 18.5 Å². The van der Waals surface area contributed by atoms with E-state index in [0.717, 1.165) is 5.56 Å². The lowest BCUT2D eigenvalue weighted by atomic mass is 10.2. The fraction of sp³-hybridized carbons (Fsp3) is 0.167. The summed E-state index contributed by atoms with van der Waals surface area (Å²) in [4.78, 5) is 24.6. The Bertz CT molecular complexity index is 1170. The lowest BCUT2D eigenvalue weighted by Crippen LogP contribution is -2.07. The van der Waals surface area contributed by atoms with E-state index in [-0.39, 0.29) is 17.9 Å². The van der Waals surface area contributed by atoms with Crippen molar-refractivity contribution in [1.29, 1.82) is 0 Å². The van der Waals surface area contributed by atoms with Gasteiger partial charge in [0.1, 0.15) is 11.6 Å². The highest BCUT2D eigenvalue weighted by Gasteiger charge is 2.38. The topological polar surface area (TPSA) is 115 Å². The van der Waals surface area contributed by atoms with Crippen molar-refractivity contribution in [1.82, 2.24) is 35.1 Å². The number of hydrogen-bond donors (Lipinski definition) is 1. The molecule has 0 saturated heterocycles. The number of aromatic nitrogens is 7. The van der Waals surface area contributed by atoms with Crippen molar-refractivity contribution in [3.05, 3.63) is 54.7 Å². The van der Waals surface area contributed by atoms with Crippen LogP contribution >= 0.6 is 11.8 Å². The van der Waals surface area contributed by atoms with Gasteiger partial charge in [-0.15, -0.1) is 0 Å². The monoisotopic (exact) mass is 446 g/mol. The quantitative estimate of drug-likeness (QED) is 0.347. The lowest BCUT2D eigenvalue weighted by Gasteiger charge is -2.09. The van der Waals surface area contributed by atoms with Gasteiger partial charge in [0.25, 0.3) is 0 Å². The van der Waals surface area contributed by atoms with E-state index in [9.17, 15) is 13.2 Å². The number of anilines is 1. The zero-order valence-corrected chi connectivity index (χ0v) is 16.6.